The summed E-state index contributed by atoms with van der Waals surface area (Å²) in [5, 5.41) is 3.31. The Morgan fingerprint density at radius 2 is 2.33 bits per heavy atom. The summed E-state index contributed by atoms with van der Waals surface area (Å²) in [6.45, 7) is 5.02. The van der Waals surface area contributed by atoms with Crippen molar-refractivity contribution in [1.29, 1.82) is 0 Å². The number of terminal acetylenes is 1. The van der Waals surface area contributed by atoms with Crippen LogP contribution in [0.1, 0.15) is 26.7 Å². The number of hydrogen-bond acceptors (Lipinski definition) is 2. The third-order valence-electron chi connectivity index (χ3n) is 2.29. The Kier molecular flexibility index (Phi) is 3.58. The molecule has 2 heteroatoms. The minimum absolute atomic E-state index is 0.143. The van der Waals surface area contributed by atoms with Gasteiger partial charge in [-0.1, -0.05) is 5.92 Å². The maximum atomic E-state index is 5.53. The van der Waals surface area contributed by atoms with Crippen molar-refractivity contribution in [3.8, 4) is 12.3 Å². The highest BCUT2D eigenvalue weighted by molar-refractivity contribution is 4.97. The van der Waals surface area contributed by atoms with Crippen LogP contribution in [0.15, 0.2) is 0 Å². The van der Waals surface area contributed by atoms with Crippen LogP contribution in [-0.2, 0) is 4.74 Å². The van der Waals surface area contributed by atoms with Gasteiger partial charge in [0.25, 0.3) is 0 Å². The molecule has 1 aliphatic rings. The van der Waals surface area contributed by atoms with Crippen LogP contribution in [0.3, 0.4) is 0 Å². The molecule has 0 aliphatic carbocycles. The van der Waals surface area contributed by atoms with Crippen LogP contribution in [0.5, 0.6) is 0 Å². The first-order chi connectivity index (χ1) is 5.74. The molecular weight excluding hydrogens is 150 g/mol. The van der Waals surface area contributed by atoms with Gasteiger partial charge < -0.3 is 4.74 Å². The smallest absolute Gasteiger partial charge is 0.0726 e. The molecule has 1 aliphatic heterocycles. The van der Waals surface area contributed by atoms with Crippen molar-refractivity contribution in [2.45, 2.75) is 44.9 Å². The lowest BCUT2D eigenvalue weighted by Crippen LogP contribution is -2.41. The maximum Gasteiger partial charge on any atom is 0.0726 e. The highest BCUT2D eigenvalue weighted by Gasteiger charge is 2.22. The van der Waals surface area contributed by atoms with E-state index in [1.54, 1.807) is 0 Å². The first kappa shape index (κ1) is 9.57. The lowest BCUT2D eigenvalue weighted by Gasteiger charge is -2.21. The maximum absolute atomic E-state index is 5.53. The molecule has 0 aromatic heterocycles. The molecule has 1 saturated heterocycles. The zero-order valence-corrected chi connectivity index (χ0v) is 7.84. The highest BCUT2D eigenvalue weighted by atomic mass is 16.5. The Bertz CT molecular complexity index is 167. The quantitative estimate of drug-likeness (QED) is 0.637. The molecule has 2 nitrogen and oxygen atoms in total. The van der Waals surface area contributed by atoms with Crippen LogP contribution in [0, 0.1) is 12.3 Å². The van der Waals surface area contributed by atoms with Crippen LogP contribution in [0.2, 0.25) is 0 Å². The summed E-state index contributed by atoms with van der Waals surface area (Å²) in [6, 6.07) is 0.516. The lowest BCUT2D eigenvalue weighted by atomic mass is 10.1. The van der Waals surface area contributed by atoms with E-state index in [1.165, 1.54) is 6.42 Å². The van der Waals surface area contributed by atoms with E-state index in [9.17, 15) is 0 Å². The fraction of sp³-hybridized carbons (Fsp3) is 0.800. The van der Waals surface area contributed by atoms with E-state index >= 15 is 0 Å². The molecule has 0 bridgehead atoms. The number of ether oxygens (including phenoxy) is 1. The van der Waals surface area contributed by atoms with Gasteiger partial charge in [0.05, 0.1) is 12.1 Å². The van der Waals surface area contributed by atoms with Gasteiger partial charge in [-0.15, -0.1) is 6.42 Å². The topological polar surface area (TPSA) is 21.3 Å². The first-order valence-electron chi connectivity index (χ1n) is 4.58. The predicted octanol–water partition coefficient (Wildman–Crippen LogP) is 1.17. The zero-order valence-electron chi connectivity index (χ0n) is 7.84. The fourth-order valence-corrected chi connectivity index (χ4v) is 1.55. The Balaban J connectivity index is 2.27. The third kappa shape index (κ3) is 2.51. The highest BCUT2D eigenvalue weighted by Crippen LogP contribution is 2.15. The molecule has 0 saturated carbocycles. The molecule has 1 N–H and O–H groups in total. The lowest BCUT2D eigenvalue weighted by molar-refractivity contribution is 0.0824. The normalized spacial score (nSPS) is 27.9. The second-order valence-corrected chi connectivity index (χ2v) is 3.40. The molecule has 12 heavy (non-hydrogen) atoms. The molecule has 1 heterocycles. The van der Waals surface area contributed by atoms with Crippen molar-refractivity contribution in [2.75, 3.05) is 6.61 Å². The predicted molar refractivity (Wildman–Crippen MR) is 49.9 cm³/mol. The molecule has 1 rings (SSSR count). The second-order valence-electron chi connectivity index (χ2n) is 3.40. The minimum Gasteiger partial charge on any atom is -0.377 e. The van der Waals surface area contributed by atoms with Crippen molar-refractivity contribution in [3.63, 3.8) is 0 Å². The summed E-state index contributed by atoms with van der Waals surface area (Å²) in [7, 11) is 0. The van der Waals surface area contributed by atoms with E-state index in [1.807, 2.05) is 6.92 Å². The Hall–Kier alpha value is -0.520. The van der Waals surface area contributed by atoms with Gasteiger partial charge in [0.1, 0.15) is 0 Å². The molecule has 0 amide bonds. The van der Waals surface area contributed by atoms with Crippen LogP contribution < -0.4 is 5.32 Å². The van der Waals surface area contributed by atoms with E-state index in [0.29, 0.717) is 12.1 Å². The van der Waals surface area contributed by atoms with Crippen molar-refractivity contribution in [3.05, 3.63) is 0 Å². The second kappa shape index (κ2) is 4.49. The van der Waals surface area contributed by atoms with Gasteiger partial charge in [0.2, 0.25) is 0 Å². The van der Waals surface area contributed by atoms with Crippen LogP contribution in [0.4, 0.5) is 0 Å². The molecule has 0 aromatic carbocycles. The van der Waals surface area contributed by atoms with E-state index in [4.69, 9.17) is 11.2 Å². The molecule has 0 spiro atoms. The van der Waals surface area contributed by atoms with Gasteiger partial charge >= 0.3 is 0 Å². The van der Waals surface area contributed by atoms with Gasteiger partial charge in [-0.25, -0.2) is 0 Å². The molecule has 3 atom stereocenters. The molecular formula is C10H17NO. The summed E-state index contributed by atoms with van der Waals surface area (Å²) in [6.07, 6.45) is 7.97. The Morgan fingerprint density at radius 3 is 2.83 bits per heavy atom. The number of hydrogen-bond donors (Lipinski definition) is 1. The zero-order chi connectivity index (χ0) is 8.97. The van der Waals surface area contributed by atoms with Crippen molar-refractivity contribution in [1.82, 2.24) is 5.32 Å². The van der Waals surface area contributed by atoms with Crippen molar-refractivity contribution in [2.24, 2.45) is 0 Å². The van der Waals surface area contributed by atoms with Crippen molar-refractivity contribution >= 4 is 0 Å². The molecule has 3 unspecified atom stereocenters. The van der Waals surface area contributed by atoms with E-state index in [0.717, 1.165) is 13.0 Å². The first-order valence-corrected chi connectivity index (χ1v) is 4.58. The standard InChI is InChI=1S/C10H17NO/c1-4-8(2)11-9(3)10-6-5-7-12-10/h1,8-11H,5-7H2,2-3H3. The average molecular weight is 167 g/mol. The van der Waals surface area contributed by atoms with E-state index < -0.39 is 0 Å². The van der Waals surface area contributed by atoms with Crippen LogP contribution >= 0.6 is 0 Å². The van der Waals surface area contributed by atoms with Gasteiger partial charge in [-0.2, -0.15) is 0 Å². The monoisotopic (exact) mass is 167 g/mol. The summed E-state index contributed by atoms with van der Waals surface area (Å²) >= 11 is 0. The van der Waals surface area contributed by atoms with Crippen molar-refractivity contribution < 1.29 is 4.74 Å². The average Bonchev–Trinajstić information content (AvgIpc) is 2.56. The van der Waals surface area contributed by atoms with E-state index in [2.05, 4.69) is 18.2 Å². The summed E-state index contributed by atoms with van der Waals surface area (Å²) in [5.41, 5.74) is 0. The largest absolute Gasteiger partial charge is 0.377 e. The fourth-order valence-electron chi connectivity index (χ4n) is 1.55. The summed E-state index contributed by atoms with van der Waals surface area (Å²) < 4.78 is 5.53. The van der Waals surface area contributed by atoms with Gasteiger partial charge in [-0.3, -0.25) is 5.32 Å². The molecule has 68 valence electrons. The summed E-state index contributed by atoms with van der Waals surface area (Å²) in [4.78, 5) is 0. The molecule has 1 fully saturated rings. The number of nitrogens with one attached hydrogen (secondary N) is 1. The SMILES string of the molecule is C#CC(C)NC(C)C1CCCO1. The van der Waals surface area contributed by atoms with Gasteiger partial charge in [0, 0.05) is 12.6 Å². The van der Waals surface area contributed by atoms with Crippen LogP contribution in [0.25, 0.3) is 0 Å². The molecule has 0 radical (unpaired) electrons. The van der Waals surface area contributed by atoms with Gasteiger partial charge in [-0.05, 0) is 26.7 Å². The van der Waals surface area contributed by atoms with Crippen LogP contribution in [-0.4, -0.2) is 24.8 Å². The van der Waals surface area contributed by atoms with E-state index in [-0.39, 0.29) is 6.04 Å². The number of rotatable bonds is 3. The Labute approximate surface area is 74.7 Å². The van der Waals surface area contributed by atoms with Gasteiger partial charge in [0.15, 0.2) is 0 Å². The minimum atomic E-state index is 0.143. The molecule has 0 aromatic rings. The Morgan fingerprint density at radius 1 is 1.58 bits per heavy atom. The third-order valence-corrected chi connectivity index (χ3v) is 2.29. The summed E-state index contributed by atoms with van der Waals surface area (Å²) in [5.74, 6) is 2.65.